The Morgan fingerprint density at radius 1 is 0.436 bits per heavy atom. The van der Waals surface area contributed by atoms with E-state index in [0.717, 1.165) is 44.9 Å². The SMILES string of the molecule is CC1CCC2(OC1)OC1CC3C4CCC5CC(OC6OC(CO)C(O)C(OC7OC(CO)C(O)C(OCC8OC(CO)C(O)C(O)C8O)C7OC7OC(C)C(O)C(O)C7O)C6OC6OC(C)C(OC7OCC(O)C(O)C7O)C(O)C6O)C(O)CC5(C)C4CCC3(C)C1C2C. The fourth-order valence-corrected chi connectivity index (χ4v) is 19.0. The summed E-state index contributed by atoms with van der Waals surface area (Å²) in [5, 5.41) is 189. The highest BCUT2D eigenvalue weighted by Crippen LogP contribution is 2.71. The van der Waals surface area contributed by atoms with Gasteiger partial charge < -0.3 is 153 Å². The molecule has 4 saturated carbocycles. The standard InChI is InChI=1S/C63H104O31/c1-22-9-12-63(83-19-22)23(2)38-33(94-63)14-29-27-8-7-26-13-32(30(67)15-62(26,6)28(27)10-11-61(29,38)5)87-59-55(93-58-50(80)47(77)51(25(4)85-58)90-56-48(78)40(70)31(68)20-82-56)53(44(74)36(18-66)88-59)91-60-54(92-57-49(79)45(75)39(69)24(3)84-57)52(43(73)35(17-65)89-60)81-21-37-42(72)46(76)41(71)34(16-64)86-37/h22-60,64-80H,7-21H2,1-6H3. The third kappa shape index (κ3) is 12.9. The number of hydrogen-bond acceptors (Lipinski definition) is 31. The van der Waals surface area contributed by atoms with Crippen LogP contribution in [-0.4, -0.2) is 328 Å². The van der Waals surface area contributed by atoms with E-state index < -0.39 is 229 Å². The van der Waals surface area contributed by atoms with Crippen molar-refractivity contribution in [3.05, 3.63) is 0 Å². The molecule has 31 heteroatoms. The predicted molar refractivity (Wildman–Crippen MR) is 311 cm³/mol. The molecule has 12 aliphatic rings. The highest BCUT2D eigenvalue weighted by Gasteiger charge is 2.70. The van der Waals surface area contributed by atoms with Crippen LogP contribution in [0.25, 0.3) is 0 Å². The average Bonchev–Trinajstić information content (AvgIpc) is 1.50. The Morgan fingerprint density at radius 3 is 1.67 bits per heavy atom. The van der Waals surface area contributed by atoms with Crippen molar-refractivity contribution in [2.75, 3.05) is 39.6 Å². The van der Waals surface area contributed by atoms with E-state index in [1.165, 1.54) is 13.8 Å². The van der Waals surface area contributed by atoms with Crippen LogP contribution in [0.15, 0.2) is 0 Å². The molecule has 94 heavy (non-hydrogen) atoms. The van der Waals surface area contributed by atoms with Gasteiger partial charge in [-0.05, 0) is 112 Å². The first-order chi connectivity index (χ1) is 44.6. The fourth-order valence-electron chi connectivity index (χ4n) is 19.0. The van der Waals surface area contributed by atoms with Gasteiger partial charge in [-0.2, -0.15) is 0 Å². The summed E-state index contributed by atoms with van der Waals surface area (Å²) in [6.07, 6.45) is -46.1. The van der Waals surface area contributed by atoms with Gasteiger partial charge in [0, 0.05) is 12.3 Å². The molecule has 12 fully saturated rings. The normalized spacial score (nSPS) is 57.8. The fraction of sp³-hybridized carbons (Fsp3) is 1.00. The zero-order valence-corrected chi connectivity index (χ0v) is 53.9. The largest absolute Gasteiger partial charge is 0.394 e. The van der Waals surface area contributed by atoms with E-state index in [9.17, 15) is 86.8 Å². The number of aliphatic hydroxyl groups is 17. The van der Waals surface area contributed by atoms with E-state index >= 15 is 0 Å². The van der Waals surface area contributed by atoms with Gasteiger partial charge in [0.25, 0.3) is 0 Å². The minimum absolute atomic E-state index is 0.0141. The van der Waals surface area contributed by atoms with Gasteiger partial charge in [0.05, 0.1) is 70.2 Å². The van der Waals surface area contributed by atoms with Crippen molar-refractivity contribution in [1.29, 1.82) is 0 Å². The molecule has 42 atom stereocenters. The highest BCUT2D eigenvalue weighted by molar-refractivity contribution is 5.16. The Kier molecular flexibility index (Phi) is 22.0. The van der Waals surface area contributed by atoms with Gasteiger partial charge in [0.2, 0.25) is 0 Å². The molecule has 4 aliphatic carbocycles. The minimum Gasteiger partial charge on any atom is -0.394 e. The Bertz CT molecular complexity index is 2490. The van der Waals surface area contributed by atoms with E-state index in [-0.39, 0.29) is 34.7 Å². The van der Waals surface area contributed by atoms with E-state index in [4.69, 9.17) is 66.3 Å². The molecule has 0 bridgehead atoms. The Hall–Kier alpha value is -1.24. The van der Waals surface area contributed by atoms with Crippen LogP contribution in [-0.2, 0) is 66.3 Å². The Morgan fingerprint density at radius 2 is 1.01 bits per heavy atom. The van der Waals surface area contributed by atoms with Gasteiger partial charge in [-0.1, -0.05) is 27.7 Å². The lowest BCUT2D eigenvalue weighted by Gasteiger charge is -2.62. The molecule has 1 spiro atoms. The van der Waals surface area contributed by atoms with E-state index in [1.54, 1.807) is 0 Å². The summed E-state index contributed by atoms with van der Waals surface area (Å²) in [6.45, 7) is 8.79. The average molecular weight is 1360 g/mol. The predicted octanol–water partition coefficient (Wildman–Crippen LogP) is -5.55. The molecule has 0 aromatic heterocycles. The minimum atomic E-state index is -2.08. The maximum Gasteiger partial charge on any atom is 0.187 e. The van der Waals surface area contributed by atoms with E-state index in [2.05, 4.69) is 27.7 Å². The number of fused-ring (bicyclic) bond motifs is 7. The molecule has 0 aromatic carbocycles. The molecular weight excluding hydrogens is 1250 g/mol. The first-order valence-electron chi connectivity index (χ1n) is 34.0. The number of hydrogen-bond donors (Lipinski definition) is 17. The summed E-state index contributed by atoms with van der Waals surface area (Å²) in [7, 11) is 0. The monoisotopic (exact) mass is 1360 g/mol. The molecular formula is C63H104O31. The molecule has 0 radical (unpaired) electrons. The lowest BCUT2D eigenvalue weighted by molar-refractivity contribution is -0.411. The molecule has 12 rings (SSSR count). The second kappa shape index (κ2) is 28.5. The van der Waals surface area contributed by atoms with Crippen LogP contribution in [0.5, 0.6) is 0 Å². The Labute approximate surface area is 544 Å². The molecule has 8 saturated heterocycles. The quantitative estimate of drug-likeness (QED) is 0.0641. The van der Waals surface area contributed by atoms with Crippen molar-refractivity contribution in [2.45, 2.75) is 301 Å². The van der Waals surface area contributed by atoms with Crippen molar-refractivity contribution in [1.82, 2.24) is 0 Å². The van der Waals surface area contributed by atoms with Crippen molar-refractivity contribution < 1.29 is 153 Å². The molecule has 42 unspecified atom stereocenters. The van der Waals surface area contributed by atoms with E-state index in [0.29, 0.717) is 43.1 Å². The van der Waals surface area contributed by atoms with Crippen molar-refractivity contribution in [3.8, 4) is 0 Å². The highest BCUT2D eigenvalue weighted by atomic mass is 16.8. The maximum absolute atomic E-state index is 12.6. The van der Waals surface area contributed by atoms with Gasteiger partial charge in [0.1, 0.15) is 134 Å². The summed E-state index contributed by atoms with van der Waals surface area (Å²) in [6, 6.07) is 0. The molecule has 0 aromatic rings. The van der Waals surface area contributed by atoms with Crippen molar-refractivity contribution in [2.24, 2.45) is 52.3 Å². The zero-order chi connectivity index (χ0) is 67.5. The summed E-state index contributed by atoms with van der Waals surface area (Å²) >= 11 is 0. The zero-order valence-electron chi connectivity index (χ0n) is 53.9. The first-order valence-corrected chi connectivity index (χ1v) is 34.0. The third-order valence-corrected chi connectivity index (χ3v) is 24.5. The smallest absolute Gasteiger partial charge is 0.187 e. The molecule has 8 aliphatic heterocycles. The van der Waals surface area contributed by atoms with Gasteiger partial charge in [-0.15, -0.1) is 0 Å². The molecule has 8 heterocycles. The summed E-state index contributed by atoms with van der Waals surface area (Å²) in [5.41, 5.74) is -0.312. The van der Waals surface area contributed by atoms with E-state index in [1.807, 2.05) is 0 Å². The van der Waals surface area contributed by atoms with Crippen LogP contribution >= 0.6 is 0 Å². The lowest BCUT2D eigenvalue weighted by Crippen LogP contribution is -2.69. The molecule has 17 N–H and O–H groups in total. The van der Waals surface area contributed by atoms with Crippen LogP contribution in [0, 0.1) is 52.3 Å². The van der Waals surface area contributed by atoms with Gasteiger partial charge in [-0.3, -0.25) is 0 Å². The summed E-state index contributed by atoms with van der Waals surface area (Å²) < 4.78 is 88.0. The van der Waals surface area contributed by atoms with Gasteiger partial charge in [0.15, 0.2) is 37.2 Å². The first kappa shape index (κ1) is 72.5. The second-order valence-electron chi connectivity index (χ2n) is 30.0. The number of aliphatic hydroxyl groups excluding tert-OH is 17. The van der Waals surface area contributed by atoms with Crippen LogP contribution in [0.4, 0.5) is 0 Å². The molecule has 0 amide bonds. The van der Waals surface area contributed by atoms with Crippen molar-refractivity contribution in [3.63, 3.8) is 0 Å². The number of ether oxygens (including phenoxy) is 14. The van der Waals surface area contributed by atoms with Crippen molar-refractivity contribution >= 4 is 0 Å². The van der Waals surface area contributed by atoms with Gasteiger partial charge in [-0.25, -0.2) is 0 Å². The molecule has 31 nitrogen and oxygen atoms in total. The molecule has 542 valence electrons. The van der Waals surface area contributed by atoms with Crippen LogP contribution in [0.3, 0.4) is 0 Å². The topological polar surface area (TPSA) is 473 Å². The van der Waals surface area contributed by atoms with Crippen LogP contribution < -0.4 is 0 Å². The summed E-state index contributed by atoms with van der Waals surface area (Å²) in [5.74, 6) is 1.55. The second-order valence-corrected chi connectivity index (χ2v) is 30.0. The summed E-state index contributed by atoms with van der Waals surface area (Å²) in [4.78, 5) is 0. The third-order valence-electron chi connectivity index (χ3n) is 24.5. The van der Waals surface area contributed by atoms with Crippen LogP contribution in [0.2, 0.25) is 0 Å². The van der Waals surface area contributed by atoms with Gasteiger partial charge >= 0.3 is 0 Å². The lowest BCUT2D eigenvalue weighted by atomic mass is 9.44. The number of rotatable bonds is 16. The van der Waals surface area contributed by atoms with Crippen LogP contribution in [0.1, 0.15) is 99.3 Å². The maximum atomic E-state index is 12.6. The Balaban J connectivity index is 0.838.